The van der Waals surface area contributed by atoms with Gasteiger partial charge in [0.05, 0.1) is 0 Å². The molecule has 8 nitrogen and oxygen atoms in total. The second-order valence-electron chi connectivity index (χ2n) is 18.3. The van der Waals surface area contributed by atoms with E-state index in [1.54, 1.807) is 4.90 Å². The van der Waals surface area contributed by atoms with Gasteiger partial charge in [-0.3, -0.25) is 24.2 Å². The summed E-state index contributed by atoms with van der Waals surface area (Å²) in [6.07, 6.45) is 2.67. The summed E-state index contributed by atoms with van der Waals surface area (Å²) in [4.78, 5) is 43.9. The lowest BCUT2D eigenvalue weighted by atomic mass is 9.77. The quantitative estimate of drug-likeness (QED) is 0.172. The van der Waals surface area contributed by atoms with Crippen molar-refractivity contribution in [3.8, 4) is 0 Å². The molecule has 4 aromatic rings. The van der Waals surface area contributed by atoms with Crippen LogP contribution in [0.4, 0.5) is 5.69 Å². The lowest BCUT2D eigenvalue weighted by Crippen LogP contribution is -2.65. The summed E-state index contributed by atoms with van der Waals surface area (Å²) in [6, 6.07) is 30.2. The number of anilines is 1. The average Bonchev–Trinajstić information content (AvgIpc) is 3.10. The van der Waals surface area contributed by atoms with E-state index < -0.39 is 11.1 Å². The second kappa shape index (κ2) is 13.9. The lowest BCUT2D eigenvalue weighted by molar-refractivity contribution is -0.308. The molecule has 7 rings (SSSR count). The van der Waals surface area contributed by atoms with Crippen LogP contribution in [0.3, 0.4) is 0 Å². The van der Waals surface area contributed by atoms with E-state index in [0.717, 1.165) is 40.4 Å². The highest BCUT2D eigenvalue weighted by Crippen LogP contribution is 2.46. The molecular weight excluding hydrogens is 673 g/mol. The molecule has 0 saturated carbocycles. The van der Waals surface area contributed by atoms with Gasteiger partial charge in [-0.25, -0.2) is 0 Å². The van der Waals surface area contributed by atoms with E-state index in [2.05, 4.69) is 121 Å². The Balaban J connectivity index is 1.11. The first-order valence-corrected chi connectivity index (χ1v) is 19.6. The molecule has 8 heteroatoms. The summed E-state index contributed by atoms with van der Waals surface area (Å²) < 4.78 is 0. The molecule has 3 aliphatic heterocycles. The Hall–Kier alpha value is -4.08. The van der Waals surface area contributed by atoms with Crippen LogP contribution < -0.4 is 5.32 Å². The van der Waals surface area contributed by atoms with Crippen molar-refractivity contribution in [2.45, 2.75) is 141 Å². The van der Waals surface area contributed by atoms with Gasteiger partial charge in [0.2, 0.25) is 0 Å². The van der Waals surface area contributed by atoms with E-state index in [-0.39, 0.29) is 47.2 Å². The number of hydrogen-bond donors (Lipinski definition) is 1. The van der Waals surface area contributed by atoms with Crippen molar-refractivity contribution in [1.29, 1.82) is 0 Å². The fourth-order valence-corrected chi connectivity index (χ4v) is 10.0. The zero-order valence-electron chi connectivity index (χ0n) is 33.8. The Morgan fingerprint density at radius 1 is 0.574 bits per heavy atom. The number of rotatable bonds is 9. The normalized spacial score (nSPS) is 22.7. The van der Waals surface area contributed by atoms with Gasteiger partial charge in [-0.05, 0) is 124 Å². The molecule has 3 heterocycles. The Morgan fingerprint density at radius 3 is 1.50 bits per heavy atom. The standard InChI is InChI=1S/C46H58N4O4/c1-30(32-18-13-11-14-19-32)53-49-43(3,4)26-34(27-44(49,5)6)47-39-25-24-38-40-36(39)22-17-23-37(40)41(51)48(42(38)52)35-28-45(7,8)50(46(9,10)29-35)54-31(2)33-20-15-12-16-21-33/h11-25,30-31,34-35,47H,26-29H2,1-10H3. The monoisotopic (exact) mass is 730 g/mol. The van der Waals surface area contributed by atoms with Gasteiger partial charge in [0.25, 0.3) is 11.8 Å². The molecule has 1 N–H and O–H groups in total. The van der Waals surface area contributed by atoms with Crippen LogP contribution in [0.1, 0.15) is 139 Å². The van der Waals surface area contributed by atoms with Crippen molar-refractivity contribution in [3.63, 3.8) is 0 Å². The van der Waals surface area contributed by atoms with Crippen LogP contribution in [0.15, 0.2) is 91.0 Å². The fourth-order valence-electron chi connectivity index (χ4n) is 10.0. The first-order chi connectivity index (χ1) is 25.4. The van der Waals surface area contributed by atoms with E-state index in [1.807, 2.05) is 54.6 Å². The maximum absolute atomic E-state index is 14.5. The van der Waals surface area contributed by atoms with Crippen molar-refractivity contribution in [2.75, 3.05) is 5.32 Å². The summed E-state index contributed by atoms with van der Waals surface area (Å²) in [7, 11) is 0. The Labute approximate surface area is 321 Å². The van der Waals surface area contributed by atoms with Crippen LogP contribution in [-0.2, 0) is 9.68 Å². The van der Waals surface area contributed by atoms with Gasteiger partial charge in [-0.15, -0.1) is 0 Å². The third-order valence-corrected chi connectivity index (χ3v) is 11.9. The van der Waals surface area contributed by atoms with E-state index in [1.165, 1.54) is 0 Å². The molecule has 0 bridgehead atoms. The highest BCUT2D eigenvalue weighted by atomic mass is 16.7. The maximum atomic E-state index is 14.5. The van der Waals surface area contributed by atoms with Crippen molar-refractivity contribution in [1.82, 2.24) is 15.0 Å². The number of nitrogens with zero attached hydrogens (tertiary/aromatic N) is 3. The van der Waals surface area contributed by atoms with E-state index in [9.17, 15) is 9.59 Å². The van der Waals surface area contributed by atoms with Crippen LogP contribution >= 0.6 is 0 Å². The first kappa shape index (κ1) is 38.2. The third-order valence-electron chi connectivity index (χ3n) is 11.9. The van der Waals surface area contributed by atoms with Crippen molar-refractivity contribution in [2.24, 2.45) is 0 Å². The van der Waals surface area contributed by atoms with Crippen molar-refractivity contribution >= 4 is 28.3 Å². The lowest BCUT2D eigenvalue weighted by Gasteiger charge is -2.56. The minimum Gasteiger partial charge on any atom is -0.382 e. The average molecular weight is 731 g/mol. The summed E-state index contributed by atoms with van der Waals surface area (Å²) in [6.45, 7) is 21.7. The largest absolute Gasteiger partial charge is 0.382 e. The molecule has 54 heavy (non-hydrogen) atoms. The number of hydroxylamine groups is 4. The van der Waals surface area contributed by atoms with E-state index in [4.69, 9.17) is 9.68 Å². The van der Waals surface area contributed by atoms with Crippen LogP contribution in [-0.4, -0.2) is 61.1 Å². The molecule has 3 aliphatic rings. The molecule has 0 spiro atoms. The van der Waals surface area contributed by atoms with Gasteiger partial charge < -0.3 is 5.32 Å². The molecule has 0 aliphatic carbocycles. The highest BCUT2D eigenvalue weighted by molar-refractivity contribution is 6.27. The molecule has 4 aromatic carbocycles. The zero-order chi connectivity index (χ0) is 38.8. The molecule has 2 unspecified atom stereocenters. The molecule has 286 valence electrons. The molecule has 2 fully saturated rings. The summed E-state index contributed by atoms with van der Waals surface area (Å²) in [5.74, 6) is -0.446. The van der Waals surface area contributed by atoms with E-state index in [0.29, 0.717) is 24.0 Å². The number of nitrogens with one attached hydrogen (secondary N) is 1. The van der Waals surface area contributed by atoms with Gasteiger partial charge in [-0.2, -0.15) is 10.1 Å². The van der Waals surface area contributed by atoms with Crippen LogP contribution in [0.5, 0.6) is 0 Å². The zero-order valence-corrected chi connectivity index (χ0v) is 33.8. The number of benzene rings is 4. The van der Waals surface area contributed by atoms with Gasteiger partial charge >= 0.3 is 0 Å². The second-order valence-corrected chi connectivity index (χ2v) is 18.3. The third kappa shape index (κ3) is 6.98. The van der Waals surface area contributed by atoms with E-state index >= 15 is 0 Å². The minimum absolute atomic E-state index is 0.0780. The van der Waals surface area contributed by atoms with Gasteiger partial charge in [0, 0.05) is 61.8 Å². The Kier molecular flexibility index (Phi) is 9.83. The number of amides is 2. The number of carbonyl (C=O) groups is 2. The van der Waals surface area contributed by atoms with Gasteiger partial charge in [-0.1, -0.05) is 72.8 Å². The SMILES string of the molecule is CC(ON1C(C)(C)CC(Nc2ccc3c4c(cccc24)C(=O)N(C2CC(C)(C)N(OC(C)c4ccccc4)C(C)(C)C2)C3=O)CC1(C)C)c1ccccc1. The topological polar surface area (TPSA) is 74.3 Å². The predicted octanol–water partition coefficient (Wildman–Crippen LogP) is 10.3. The molecule has 0 aromatic heterocycles. The number of carbonyl (C=O) groups excluding carboxylic acids is 2. The molecule has 2 saturated heterocycles. The summed E-state index contributed by atoms with van der Waals surface area (Å²) >= 11 is 0. The van der Waals surface area contributed by atoms with Crippen molar-refractivity contribution in [3.05, 3.63) is 113 Å². The Bertz CT molecular complexity index is 1970. The number of hydrogen-bond acceptors (Lipinski definition) is 7. The minimum atomic E-state index is -0.447. The van der Waals surface area contributed by atoms with Crippen LogP contribution in [0.2, 0.25) is 0 Å². The molecule has 0 radical (unpaired) electrons. The van der Waals surface area contributed by atoms with Gasteiger partial charge in [0.1, 0.15) is 12.2 Å². The first-order valence-electron chi connectivity index (χ1n) is 19.6. The summed E-state index contributed by atoms with van der Waals surface area (Å²) in [5, 5.41) is 9.80. The van der Waals surface area contributed by atoms with Gasteiger partial charge in [0.15, 0.2) is 0 Å². The fraction of sp³-hybridized carbons (Fsp3) is 0.478. The molecule has 2 atom stereocenters. The van der Waals surface area contributed by atoms with Crippen LogP contribution in [0, 0.1) is 0 Å². The predicted molar refractivity (Wildman–Crippen MR) is 216 cm³/mol. The number of imide groups is 1. The maximum Gasteiger partial charge on any atom is 0.261 e. The molecule has 2 amide bonds. The Morgan fingerprint density at radius 2 is 1.02 bits per heavy atom. The van der Waals surface area contributed by atoms with Crippen molar-refractivity contribution < 1.29 is 19.3 Å². The molecular formula is C46H58N4O4. The van der Waals surface area contributed by atoms with Crippen LogP contribution in [0.25, 0.3) is 10.8 Å². The number of piperidine rings is 2. The summed E-state index contributed by atoms with van der Waals surface area (Å²) in [5.41, 5.74) is 2.94. The highest BCUT2D eigenvalue weighted by Gasteiger charge is 2.52. The smallest absolute Gasteiger partial charge is 0.261 e.